The van der Waals surface area contributed by atoms with Gasteiger partial charge in [-0.05, 0) is 119 Å². The van der Waals surface area contributed by atoms with Gasteiger partial charge in [0.05, 0.1) is 21.9 Å². The number of sulfonamides is 2. The van der Waals surface area contributed by atoms with E-state index >= 15 is 0 Å². The molecule has 28 heteroatoms. The SMILES string of the molecule is C=CCNC(=O)C(O)C(CCC)NC(=O)[C@@H]1[C@@H]2[C@H](CN1C(=O)[C@@H](NC(=O)N[C@H](CN1Cc3ccccc3S1(=O)=O)C(C)(C)C)C1CCCCC1)C2(C)C.C=CCNC(=O)C(O)C(CCC)NC(=O)[C@@H]1[C@@H]2[C@H](CN1C(=O)[C@@H](NC(=O)N[C@H](CN1Cc3ccccc3S1(=O)=O)C(C)(C)C)C1CCCCC1)C2(C)C. The van der Waals surface area contributed by atoms with Crippen molar-refractivity contribution in [2.24, 2.45) is 57.2 Å². The van der Waals surface area contributed by atoms with Crippen LogP contribution in [-0.2, 0) is 61.9 Å². The van der Waals surface area contributed by atoms with Gasteiger partial charge in [-0.15, -0.1) is 13.2 Å². The van der Waals surface area contributed by atoms with Crippen molar-refractivity contribution in [1.82, 2.24) is 60.9 Å². The first-order valence-electron chi connectivity index (χ1n) is 38.5. The third-order valence-electron chi connectivity index (χ3n) is 24.2. The van der Waals surface area contributed by atoms with Gasteiger partial charge in [0.15, 0.2) is 12.2 Å². The summed E-state index contributed by atoms with van der Waals surface area (Å²) in [7, 11) is -7.47. The minimum Gasteiger partial charge on any atom is -0.381 e. The molecule has 0 spiro atoms. The van der Waals surface area contributed by atoms with Crippen molar-refractivity contribution < 1.29 is 65.4 Å². The summed E-state index contributed by atoms with van der Waals surface area (Å²) >= 11 is 0. The number of aliphatic hydroxyl groups excluding tert-OH is 2. The highest BCUT2D eigenvalue weighted by atomic mass is 32.2. The molecule has 0 bridgehead atoms. The summed E-state index contributed by atoms with van der Waals surface area (Å²) in [6.45, 7) is 32.5. The molecule has 0 radical (unpaired) electrons. The van der Waals surface area contributed by atoms with Gasteiger partial charge in [-0.1, -0.05) is 183 Å². The highest BCUT2D eigenvalue weighted by Crippen LogP contribution is 2.66. The molecule has 8 aliphatic rings. The first-order chi connectivity index (χ1) is 49.9. The maximum atomic E-state index is 14.7. The third-order valence-corrected chi connectivity index (χ3v) is 28.0. The van der Waals surface area contributed by atoms with E-state index in [-0.39, 0.29) is 107 Å². The fraction of sp³-hybridized carbons (Fsp3) is 0.692. The fourth-order valence-electron chi connectivity index (χ4n) is 17.5. The van der Waals surface area contributed by atoms with Crippen LogP contribution < -0.4 is 42.5 Å². The van der Waals surface area contributed by atoms with Crippen LogP contribution in [0, 0.1) is 57.2 Å². The first kappa shape index (κ1) is 83.1. The number of hydrogen-bond donors (Lipinski definition) is 10. The molecular formula is C78H120N12O14S2. The van der Waals surface area contributed by atoms with E-state index in [1.165, 1.54) is 20.8 Å². The molecular weight excluding hydrogens is 1390 g/mol. The Labute approximate surface area is 628 Å². The van der Waals surface area contributed by atoms with Crippen LogP contribution in [0.25, 0.3) is 0 Å². The van der Waals surface area contributed by atoms with Crippen molar-refractivity contribution in [2.45, 2.75) is 256 Å². The summed E-state index contributed by atoms with van der Waals surface area (Å²) in [5.74, 6) is -3.03. The Kier molecular flexibility index (Phi) is 26.6. The maximum absolute atomic E-state index is 14.7. The fourth-order valence-corrected chi connectivity index (χ4v) is 20.8. The number of carbonyl (C=O) groups is 8. The molecule has 10 rings (SSSR count). The lowest BCUT2D eigenvalue weighted by molar-refractivity contribution is -0.144. The summed E-state index contributed by atoms with van der Waals surface area (Å²) in [5, 5.41) is 44.9. The number of nitrogens with one attached hydrogen (secondary N) is 8. The van der Waals surface area contributed by atoms with E-state index < -0.39 is 127 Å². The van der Waals surface area contributed by atoms with Gasteiger partial charge in [-0.25, -0.2) is 26.4 Å². The Hall–Kier alpha value is -6.98. The van der Waals surface area contributed by atoms with Crippen molar-refractivity contribution in [3.63, 3.8) is 0 Å². The van der Waals surface area contributed by atoms with Crippen molar-refractivity contribution in [3.05, 3.63) is 85.0 Å². The number of amides is 10. The number of piperidine rings is 2. The summed E-state index contributed by atoms with van der Waals surface area (Å²) in [5.41, 5.74) is 0.00590. The molecule has 4 heterocycles. The molecule has 2 aromatic carbocycles. The van der Waals surface area contributed by atoms with Crippen molar-refractivity contribution >= 4 is 67.6 Å². The normalized spacial score (nSPS) is 25.6. The molecule has 588 valence electrons. The van der Waals surface area contributed by atoms with Crippen LogP contribution in [-0.4, -0.2) is 193 Å². The molecule has 4 aliphatic carbocycles. The Morgan fingerprint density at radius 1 is 0.528 bits per heavy atom. The second-order valence-corrected chi connectivity index (χ2v) is 38.0. The number of benzene rings is 2. The number of likely N-dealkylation sites (tertiary alicyclic amines) is 2. The van der Waals surface area contributed by atoms with Crippen molar-refractivity contribution in [2.75, 3.05) is 39.3 Å². The third kappa shape index (κ3) is 18.3. The Bertz CT molecular complexity index is 3550. The second kappa shape index (κ2) is 33.9. The predicted molar refractivity (Wildman–Crippen MR) is 403 cm³/mol. The largest absolute Gasteiger partial charge is 0.381 e. The van der Waals surface area contributed by atoms with Crippen molar-refractivity contribution in [3.8, 4) is 0 Å². The zero-order valence-electron chi connectivity index (χ0n) is 64.4. The van der Waals surface area contributed by atoms with Gasteiger partial charge >= 0.3 is 12.1 Å². The summed E-state index contributed by atoms with van der Waals surface area (Å²) in [6.07, 6.45) is 10.7. The van der Waals surface area contributed by atoms with E-state index in [9.17, 15) is 65.4 Å². The van der Waals surface area contributed by atoms with Gasteiger partial charge < -0.3 is 62.5 Å². The molecule has 26 nitrogen and oxygen atoms in total. The number of hydrogen-bond acceptors (Lipinski definition) is 14. The van der Waals surface area contributed by atoms with Gasteiger partial charge in [0.2, 0.25) is 43.7 Å². The van der Waals surface area contributed by atoms with Crippen LogP contribution in [0.2, 0.25) is 0 Å². The van der Waals surface area contributed by atoms with Crippen LogP contribution in [0.1, 0.15) is 184 Å². The monoisotopic (exact) mass is 1510 g/mol. The molecule has 4 saturated carbocycles. The smallest absolute Gasteiger partial charge is 0.315 e. The standard InChI is InChI=1S/2C39H60N6O7S/c2*1-8-15-27(33(46)35(48)40-20-9-2)41-34(47)32-30-26(39(30,6)7)22-45(32)36(49)31(24-16-11-10-12-17-24)43-37(50)42-29(38(3,4)5)23-44-21-25-18-13-14-19-28(25)53(44,51)52/h2*9,13-14,18-19,24,26-27,29-33,46H,2,8,10-12,15-17,20-23H2,1,3-7H3,(H,40,48)(H,41,47)(H2,42,43,50)/t2*26-,27?,29+,30-,31-,32-,33?/m00/s1. The van der Waals surface area contributed by atoms with Gasteiger partial charge in [0.1, 0.15) is 24.2 Å². The Morgan fingerprint density at radius 3 is 1.18 bits per heavy atom. The maximum Gasteiger partial charge on any atom is 0.315 e. The van der Waals surface area contributed by atoms with Crippen LogP contribution in [0.3, 0.4) is 0 Å². The number of aliphatic hydroxyl groups is 2. The Morgan fingerprint density at radius 2 is 0.868 bits per heavy atom. The molecule has 6 fully saturated rings. The summed E-state index contributed by atoms with van der Waals surface area (Å²) < 4.78 is 56.4. The first-order valence-corrected chi connectivity index (χ1v) is 41.4. The number of carbonyl (C=O) groups excluding carboxylic acids is 8. The molecule has 106 heavy (non-hydrogen) atoms. The molecule has 10 N–H and O–H groups in total. The van der Waals surface area contributed by atoms with E-state index in [2.05, 4.69) is 83.4 Å². The van der Waals surface area contributed by atoms with Crippen molar-refractivity contribution in [1.29, 1.82) is 0 Å². The van der Waals surface area contributed by atoms with E-state index in [0.29, 0.717) is 49.9 Å². The van der Waals surface area contributed by atoms with Gasteiger partial charge in [-0.3, -0.25) is 28.8 Å². The molecule has 0 aromatic heterocycles. The van der Waals surface area contributed by atoms with E-state index in [1.807, 2.05) is 67.5 Å². The second-order valence-electron chi connectivity index (χ2n) is 34.2. The van der Waals surface area contributed by atoms with E-state index in [0.717, 1.165) is 64.2 Å². The zero-order valence-corrected chi connectivity index (χ0v) is 66.0. The topological polar surface area (TPSA) is 354 Å². The summed E-state index contributed by atoms with van der Waals surface area (Å²) in [6, 6.07) is 6.35. The van der Waals surface area contributed by atoms with Crippen LogP contribution in [0.15, 0.2) is 83.6 Å². The van der Waals surface area contributed by atoms with Gasteiger partial charge in [-0.2, -0.15) is 8.61 Å². The average molecular weight is 1510 g/mol. The number of fused-ring (bicyclic) bond motifs is 4. The van der Waals surface area contributed by atoms with E-state index in [1.54, 1.807) is 46.2 Å². The highest BCUT2D eigenvalue weighted by Gasteiger charge is 2.71. The lowest BCUT2D eigenvalue weighted by atomic mass is 9.83. The lowest BCUT2D eigenvalue weighted by Gasteiger charge is -2.38. The molecule has 10 amide bonds. The van der Waals surface area contributed by atoms with Gasteiger partial charge in [0, 0.05) is 64.4 Å². The van der Waals surface area contributed by atoms with E-state index in [4.69, 9.17) is 0 Å². The average Bonchev–Trinajstić information content (AvgIpc) is 1.53. The quantitative estimate of drug-likeness (QED) is 0.0403. The number of urea groups is 2. The summed E-state index contributed by atoms with van der Waals surface area (Å²) in [4.78, 5) is 115. The van der Waals surface area contributed by atoms with Crippen LogP contribution in [0.5, 0.6) is 0 Å². The number of rotatable bonds is 28. The minimum atomic E-state index is -3.73. The molecule has 2 aromatic rings. The highest BCUT2D eigenvalue weighted by molar-refractivity contribution is 7.89. The Balaban J connectivity index is 0.000000245. The molecule has 4 unspecified atom stereocenters. The molecule has 2 saturated heterocycles. The van der Waals surface area contributed by atoms with Crippen LogP contribution >= 0.6 is 0 Å². The minimum absolute atomic E-state index is 0.0547. The van der Waals surface area contributed by atoms with Gasteiger partial charge in [0.25, 0.3) is 11.8 Å². The molecule has 14 atom stereocenters. The lowest BCUT2D eigenvalue weighted by Crippen LogP contribution is -2.62. The van der Waals surface area contributed by atoms with Crippen LogP contribution in [0.4, 0.5) is 9.59 Å². The predicted octanol–water partition coefficient (Wildman–Crippen LogP) is 6.57. The zero-order chi connectivity index (χ0) is 77.8. The number of nitrogens with zero attached hydrogens (tertiary/aromatic N) is 4. The molecule has 4 aliphatic heterocycles.